The van der Waals surface area contributed by atoms with E-state index in [0.29, 0.717) is 5.92 Å². The second-order valence-corrected chi connectivity index (χ2v) is 5.93. The molecule has 0 saturated carbocycles. The van der Waals surface area contributed by atoms with Gasteiger partial charge in [-0.3, -0.25) is 0 Å². The molecule has 2 aromatic carbocycles. The Morgan fingerprint density at radius 2 is 1.70 bits per heavy atom. The first kappa shape index (κ1) is 13.4. The van der Waals surface area contributed by atoms with Gasteiger partial charge in [-0.2, -0.15) is 0 Å². The third-order valence-corrected chi connectivity index (χ3v) is 4.73. The van der Waals surface area contributed by atoms with Crippen LogP contribution in [0.15, 0.2) is 48.5 Å². The first-order valence-electron chi connectivity index (χ1n) is 7.56. The maximum Gasteiger partial charge on any atom is 0.0861 e. The van der Waals surface area contributed by atoms with Crippen molar-refractivity contribution in [1.82, 2.24) is 0 Å². The second kappa shape index (κ2) is 5.41. The predicted molar refractivity (Wildman–Crippen MR) is 83.0 cm³/mol. The second-order valence-electron chi connectivity index (χ2n) is 5.93. The van der Waals surface area contributed by atoms with E-state index in [1.54, 1.807) is 0 Å². The van der Waals surface area contributed by atoms with E-state index in [1.807, 2.05) is 0 Å². The predicted octanol–water partition coefficient (Wildman–Crippen LogP) is 4.57. The molecule has 0 fully saturated rings. The van der Waals surface area contributed by atoms with Crippen molar-refractivity contribution in [3.63, 3.8) is 0 Å². The van der Waals surface area contributed by atoms with Gasteiger partial charge in [0.2, 0.25) is 0 Å². The van der Waals surface area contributed by atoms with E-state index in [0.717, 1.165) is 18.4 Å². The Labute approximate surface area is 121 Å². The van der Waals surface area contributed by atoms with E-state index in [9.17, 15) is 5.11 Å². The van der Waals surface area contributed by atoms with E-state index in [4.69, 9.17) is 0 Å². The van der Waals surface area contributed by atoms with Gasteiger partial charge in [0.25, 0.3) is 0 Å². The third-order valence-electron chi connectivity index (χ3n) is 4.73. The average molecular weight is 266 g/mol. The van der Waals surface area contributed by atoms with Gasteiger partial charge >= 0.3 is 0 Å². The third kappa shape index (κ3) is 2.27. The van der Waals surface area contributed by atoms with Crippen LogP contribution >= 0.6 is 0 Å². The molecule has 0 radical (unpaired) electrons. The summed E-state index contributed by atoms with van der Waals surface area (Å²) in [6.45, 7) is 4.45. The lowest BCUT2D eigenvalue weighted by Gasteiger charge is -2.34. The summed E-state index contributed by atoms with van der Waals surface area (Å²) in [6, 6.07) is 16.9. The van der Waals surface area contributed by atoms with E-state index in [1.165, 1.54) is 16.7 Å². The van der Waals surface area contributed by atoms with Crippen molar-refractivity contribution in [3.05, 3.63) is 70.8 Å². The molecule has 3 unspecified atom stereocenters. The van der Waals surface area contributed by atoms with E-state index < -0.39 is 0 Å². The number of benzene rings is 2. The Balaban J connectivity index is 1.77. The van der Waals surface area contributed by atoms with Gasteiger partial charge in [0.1, 0.15) is 0 Å². The van der Waals surface area contributed by atoms with Gasteiger partial charge in [-0.05, 0) is 41.0 Å². The molecule has 0 saturated heterocycles. The molecule has 0 heterocycles. The van der Waals surface area contributed by atoms with Crippen LogP contribution in [-0.2, 0) is 6.42 Å². The van der Waals surface area contributed by atoms with Crippen molar-refractivity contribution in [2.24, 2.45) is 0 Å². The summed E-state index contributed by atoms with van der Waals surface area (Å²) >= 11 is 0. The zero-order chi connectivity index (χ0) is 14.1. The molecule has 104 valence electrons. The van der Waals surface area contributed by atoms with Crippen LogP contribution < -0.4 is 0 Å². The fourth-order valence-electron chi connectivity index (χ4n) is 3.07. The molecule has 0 aliphatic heterocycles. The van der Waals surface area contributed by atoms with Crippen LogP contribution in [0.2, 0.25) is 0 Å². The average Bonchev–Trinajstić information content (AvgIpc) is 2.47. The van der Waals surface area contributed by atoms with Crippen molar-refractivity contribution in [3.8, 4) is 0 Å². The summed E-state index contributed by atoms with van der Waals surface area (Å²) in [5.74, 6) is 0.853. The minimum Gasteiger partial charge on any atom is -0.388 e. The lowest BCUT2D eigenvalue weighted by atomic mass is 9.73. The fraction of sp³-hybridized carbons (Fsp3) is 0.368. The molecule has 1 aliphatic rings. The zero-order valence-corrected chi connectivity index (χ0v) is 12.2. The highest BCUT2D eigenvalue weighted by Crippen LogP contribution is 2.43. The Morgan fingerprint density at radius 1 is 1.05 bits per heavy atom. The fourth-order valence-corrected chi connectivity index (χ4v) is 3.07. The van der Waals surface area contributed by atoms with Crippen LogP contribution in [0.25, 0.3) is 0 Å². The number of hydrogen-bond donors (Lipinski definition) is 1. The molecule has 1 heteroatoms. The standard InChI is InChI=1S/C19H22O/c1-3-13(2)14-8-10-15(11-9-14)19(20)18-12-16-6-4-5-7-17(16)18/h4-11,13,18-20H,3,12H2,1-2H3. The first-order valence-corrected chi connectivity index (χ1v) is 7.56. The number of hydrogen-bond acceptors (Lipinski definition) is 1. The maximum absolute atomic E-state index is 10.6. The van der Waals surface area contributed by atoms with Gasteiger partial charge in [0.15, 0.2) is 0 Å². The largest absolute Gasteiger partial charge is 0.388 e. The summed E-state index contributed by atoms with van der Waals surface area (Å²) in [5, 5.41) is 10.6. The van der Waals surface area contributed by atoms with Gasteiger partial charge < -0.3 is 5.11 Å². The Morgan fingerprint density at radius 3 is 2.35 bits per heavy atom. The first-order chi connectivity index (χ1) is 9.70. The van der Waals surface area contributed by atoms with Crippen LogP contribution in [0, 0.1) is 0 Å². The van der Waals surface area contributed by atoms with Crippen LogP contribution in [0.1, 0.15) is 60.5 Å². The SMILES string of the molecule is CCC(C)c1ccc(C(O)C2Cc3ccccc32)cc1. The number of aliphatic hydroxyl groups is 1. The van der Waals surface area contributed by atoms with Crippen LogP contribution in [-0.4, -0.2) is 5.11 Å². The molecule has 3 atom stereocenters. The Kier molecular flexibility index (Phi) is 3.62. The van der Waals surface area contributed by atoms with Gasteiger partial charge in [-0.25, -0.2) is 0 Å². The summed E-state index contributed by atoms with van der Waals surface area (Å²) in [7, 11) is 0. The molecule has 1 N–H and O–H groups in total. The number of rotatable bonds is 4. The minimum atomic E-state index is -0.379. The molecule has 1 aliphatic carbocycles. The van der Waals surface area contributed by atoms with Crippen molar-refractivity contribution >= 4 is 0 Å². The van der Waals surface area contributed by atoms with Gasteiger partial charge in [0, 0.05) is 5.92 Å². The van der Waals surface area contributed by atoms with Crippen LogP contribution in [0.3, 0.4) is 0 Å². The number of fused-ring (bicyclic) bond motifs is 1. The zero-order valence-electron chi connectivity index (χ0n) is 12.2. The Bertz CT molecular complexity index is 585. The number of aliphatic hydroxyl groups excluding tert-OH is 1. The van der Waals surface area contributed by atoms with Crippen molar-refractivity contribution in [2.45, 2.75) is 44.6 Å². The van der Waals surface area contributed by atoms with Gasteiger partial charge in [-0.15, -0.1) is 0 Å². The van der Waals surface area contributed by atoms with Crippen LogP contribution in [0.4, 0.5) is 0 Å². The minimum absolute atomic E-state index is 0.264. The lowest BCUT2D eigenvalue weighted by Crippen LogP contribution is -2.23. The van der Waals surface area contributed by atoms with Crippen molar-refractivity contribution in [2.75, 3.05) is 0 Å². The maximum atomic E-state index is 10.6. The molecule has 0 spiro atoms. The summed E-state index contributed by atoms with van der Waals surface area (Å²) < 4.78 is 0. The van der Waals surface area contributed by atoms with Gasteiger partial charge in [-0.1, -0.05) is 62.4 Å². The molecule has 3 rings (SSSR count). The Hall–Kier alpha value is -1.60. The smallest absolute Gasteiger partial charge is 0.0861 e. The highest BCUT2D eigenvalue weighted by atomic mass is 16.3. The molecular formula is C19H22O. The normalized spacial score (nSPS) is 19.9. The molecule has 0 aromatic heterocycles. The topological polar surface area (TPSA) is 20.2 Å². The lowest BCUT2D eigenvalue weighted by molar-refractivity contribution is 0.134. The summed E-state index contributed by atoms with van der Waals surface area (Å²) in [4.78, 5) is 0. The molecule has 20 heavy (non-hydrogen) atoms. The summed E-state index contributed by atoms with van der Waals surface area (Å²) in [6.07, 6.45) is 1.76. The van der Waals surface area contributed by atoms with Crippen molar-refractivity contribution < 1.29 is 5.11 Å². The molecule has 0 amide bonds. The highest BCUT2D eigenvalue weighted by molar-refractivity contribution is 5.42. The summed E-state index contributed by atoms with van der Waals surface area (Å²) in [5.41, 5.74) is 5.09. The quantitative estimate of drug-likeness (QED) is 0.859. The molecule has 1 nitrogen and oxygen atoms in total. The molecule has 2 aromatic rings. The molecular weight excluding hydrogens is 244 g/mol. The highest BCUT2D eigenvalue weighted by Gasteiger charge is 2.32. The van der Waals surface area contributed by atoms with Crippen molar-refractivity contribution in [1.29, 1.82) is 0 Å². The van der Waals surface area contributed by atoms with E-state index in [-0.39, 0.29) is 12.0 Å². The van der Waals surface area contributed by atoms with E-state index >= 15 is 0 Å². The van der Waals surface area contributed by atoms with Crippen LogP contribution in [0.5, 0.6) is 0 Å². The van der Waals surface area contributed by atoms with E-state index in [2.05, 4.69) is 62.4 Å². The molecule has 0 bridgehead atoms. The monoisotopic (exact) mass is 266 g/mol. The van der Waals surface area contributed by atoms with Gasteiger partial charge in [0.05, 0.1) is 6.10 Å².